The minimum atomic E-state index is -1.12. The van der Waals surface area contributed by atoms with E-state index in [-0.39, 0.29) is 24.1 Å². The van der Waals surface area contributed by atoms with Gasteiger partial charge in [-0.05, 0) is 36.8 Å². The van der Waals surface area contributed by atoms with Gasteiger partial charge in [-0.2, -0.15) is 5.26 Å². The fraction of sp³-hybridized carbons (Fsp3) is 0.348. The molecule has 3 rings (SSSR count). The van der Waals surface area contributed by atoms with Crippen LogP contribution >= 0.6 is 0 Å². The number of rotatable bonds is 5. The van der Waals surface area contributed by atoms with Crippen molar-refractivity contribution >= 4 is 11.8 Å². The lowest BCUT2D eigenvalue weighted by atomic mass is 9.82. The monoisotopic (exact) mass is 409 g/mol. The zero-order chi connectivity index (χ0) is 22.1. The van der Waals surface area contributed by atoms with E-state index in [1.807, 2.05) is 0 Å². The maximum Gasteiger partial charge on any atom is 0.246 e. The van der Waals surface area contributed by atoms with Crippen LogP contribution in [0.5, 0.6) is 5.75 Å². The number of carbonyl (C=O) groups excluding carboxylic acids is 2. The number of piperazine rings is 1. The van der Waals surface area contributed by atoms with E-state index in [1.165, 1.54) is 24.1 Å². The van der Waals surface area contributed by atoms with E-state index in [1.54, 1.807) is 51.2 Å². The lowest BCUT2D eigenvalue weighted by molar-refractivity contribution is -0.154. The molecule has 1 fully saturated rings. The number of amides is 2. The van der Waals surface area contributed by atoms with E-state index in [9.17, 15) is 19.2 Å². The van der Waals surface area contributed by atoms with Crippen molar-refractivity contribution in [2.45, 2.75) is 37.8 Å². The maximum atomic E-state index is 13.3. The van der Waals surface area contributed by atoms with Crippen molar-refractivity contribution in [3.63, 3.8) is 0 Å². The maximum absolute atomic E-state index is 13.3. The molecule has 0 bridgehead atoms. The smallest absolute Gasteiger partial charge is 0.246 e. The quantitative estimate of drug-likeness (QED) is 0.823. The summed E-state index contributed by atoms with van der Waals surface area (Å²) < 4.78 is 18.6. The molecule has 2 amide bonds. The second kappa shape index (κ2) is 8.15. The van der Waals surface area contributed by atoms with Gasteiger partial charge in [-0.1, -0.05) is 25.1 Å². The molecule has 6 nitrogen and oxygen atoms in total. The van der Waals surface area contributed by atoms with Crippen LogP contribution < -0.4 is 10.1 Å². The predicted molar refractivity (Wildman–Crippen MR) is 109 cm³/mol. The summed E-state index contributed by atoms with van der Waals surface area (Å²) in [4.78, 5) is 27.8. The van der Waals surface area contributed by atoms with Gasteiger partial charge in [0.15, 0.2) is 0 Å². The Morgan fingerprint density at radius 2 is 1.93 bits per heavy atom. The molecule has 7 heteroatoms. The molecule has 0 radical (unpaired) electrons. The van der Waals surface area contributed by atoms with Gasteiger partial charge in [0, 0.05) is 24.9 Å². The second-order valence-electron chi connectivity index (χ2n) is 7.75. The molecule has 1 saturated heterocycles. The summed E-state index contributed by atoms with van der Waals surface area (Å²) in [5, 5.41) is 12.4. The van der Waals surface area contributed by atoms with Crippen molar-refractivity contribution in [3.05, 3.63) is 65.0 Å². The Labute approximate surface area is 175 Å². The number of methoxy groups -OCH3 is 1. The summed E-state index contributed by atoms with van der Waals surface area (Å²) in [6.07, 6.45) is 0.251. The number of ether oxygens (including phenoxy) is 1. The highest BCUT2D eigenvalue weighted by Crippen LogP contribution is 2.35. The van der Waals surface area contributed by atoms with Crippen LogP contribution in [0.15, 0.2) is 42.5 Å². The summed E-state index contributed by atoms with van der Waals surface area (Å²) in [7, 11) is 3.09. The predicted octanol–water partition coefficient (Wildman–Crippen LogP) is 2.77. The normalized spacial score (nSPS) is 22.3. The Morgan fingerprint density at radius 1 is 1.27 bits per heavy atom. The lowest BCUT2D eigenvalue weighted by Crippen LogP contribution is -2.70. The Bertz CT molecular complexity index is 1020. The molecular weight excluding hydrogens is 385 g/mol. The number of benzene rings is 2. The summed E-state index contributed by atoms with van der Waals surface area (Å²) >= 11 is 0. The molecule has 1 N–H and O–H groups in total. The van der Waals surface area contributed by atoms with Gasteiger partial charge in [-0.15, -0.1) is 0 Å². The van der Waals surface area contributed by atoms with Crippen LogP contribution in [-0.4, -0.2) is 42.5 Å². The zero-order valence-electron chi connectivity index (χ0n) is 17.4. The van der Waals surface area contributed by atoms with E-state index in [2.05, 4.69) is 11.4 Å². The van der Waals surface area contributed by atoms with Crippen LogP contribution in [-0.2, 0) is 16.0 Å². The van der Waals surface area contributed by atoms with E-state index in [0.29, 0.717) is 16.9 Å². The molecule has 0 spiro atoms. The van der Waals surface area contributed by atoms with Gasteiger partial charge >= 0.3 is 0 Å². The van der Waals surface area contributed by atoms with Crippen molar-refractivity contribution in [3.8, 4) is 11.8 Å². The van der Waals surface area contributed by atoms with Crippen LogP contribution in [0.25, 0.3) is 0 Å². The number of nitriles is 1. The first-order chi connectivity index (χ1) is 14.2. The highest BCUT2D eigenvalue weighted by molar-refractivity contribution is 6.00. The summed E-state index contributed by atoms with van der Waals surface area (Å²) in [5.74, 6) is -0.919. The molecule has 3 unspecified atom stereocenters. The number of hydrogen-bond donors (Lipinski definition) is 1. The largest absolute Gasteiger partial charge is 0.496 e. The topological polar surface area (TPSA) is 82.4 Å². The van der Waals surface area contributed by atoms with Gasteiger partial charge in [0.25, 0.3) is 0 Å². The molecule has 0 aromatic heterocycles. The highest BCUT2D eigenvalue weighted by Gasteiger charge is 2.49. The third kappa shape index (κ3) is 3.61. The van der Waals surface area contributed by atoms with Crippen molar-refractivity contribution in [2.75, 3.05) is 14.2 Å². The number of hydrogen-bond acceptors (Lipinski definition) is 4. The first-order valence-electron chi connectivity index (χ1n) is 9.63. The Balaban J connectivity index is 1.92. The summed E-state index contributed by atoms with van der Waals surface area (Å²) in [6, 6.07) is 12.3. The van der Waals surface area contributed by atoms with Crippen molar-refractivity contribution < 1.29 is 18.7 Å². The Morgan fingerprint density at radius 3 is 2.53 bits per heavy atom. The Hall–Kier alpha value is -3.40. The number of nitrogens with zero attached hydrogens (tertiary/aromatic N) is 2. The molecule has 2 aromatic carbocycles. The van der Waals surface area contributed by atoms with E-state index in [4.69, 9.17) is 4.74 Å². The molecule has 2 aromatic rings. The average molecular weight is 409 g/mol. The number of carbonyl (C=O) groups is 2. The van der Waals surface area contributed by atoms with Crippen molar-refractivity contribution in [1.82, 2.24) is 10.2 Å². The van der Waals surface area contributed by atoms with Crippen LogP contribution in [0.4, 0.5) is 4.39 Å². The van der Waals surface area contributed by atoms with Crippen molar-refractivity contribution in [2.24, 2.45) is 0 Å². The first-order valence-corrected chi connectivity index (χ1v) is 9.63. The molecule has 156 valence electrons. The molecule has 1 aliphatic rings. The third-order valence-electron chi connectivity index (χ3n) is 5.94. The fourth-order valence-electron chi connectivity index (χ4n) is 3.96. The molecule has 0 saturated carbocycles. The molecule has 0 aliphatic carbocycles. The SMILES string of the molecule is COc1cccc(C#N)c1C(C)C1NC(=O)C(C)(Cc2ccc(F)cc2)N(C)C1=O. The van der Waals surface area contributed by atoms with Crippen LogP contribution in [0, 0.1) is 17.1 Å². The molecular formula is C23H24FN3O3. The molecule has 3 atom stereocenters. The molecule has 30 heavy (non-hydrogen) atoms. The first kappa shape index (κ1) is 21.3. The van der Waals surface area contributed by atoms with Gasteiger partial charge in [-0.3, -0.25) is 9.59 Å². The van der Waals surface area contributed by atoms with Gasteiger partial charge in [-0.25, -0.2) is 4.39 Å². The van der Waals surface area contributed by atoms with Crippen molar-refractivity contribution in [1.29, 1.82) is 5.26 Å². The van der Waals surface area contributed by atoms with Crippen LogP contribution in [0.3, 0.4) is 0 Å². The van der Waals surface area contributed by atoms with Gasteiger partial charge < -0.3 is 15.0 Å². The second-order valence-corrected chi connectivity index (χ2v) is 7.75. The summed E-state index contributed by atoms with van der Waals surface area (Å²) in [6.45, 7) is 3.48. The minimum absolute atomic E-state index is 0.251. The number of likely N-dealkylation sites (N-methyl/N-ethyl adjacent to an activating group) is 1. The molecule has 1 aliphatic heterocycles. The van der Waals surface area contributed by atoms with E-state index >= 15 is 0 Å². The standard InChI is InChI=1S/C23H24FN3O3/c1-14(19-16(13-25)6-5-7-18(19)30-4)20-21(28)27(3)23(2,22(29)26-20)12-15-8-10-17(24)11-9-15/h5-11,14,20H,12H2,1-4H3,(H,26,29). The van der Waals surface area contributed by atoms with Gasteiger partial charge in [0.2, 0.25) is 11.8 Å². The Kier molecular flexibility index (Phi) is 5.79. The summed E-state index contributed by atoms with van der Waals surface area (Å²) in [5.41, 5.74) is 0.601. The molecule has 1 heterocycles. The number of nitrogens with one attached hydrogen (secondary N) is 1. The lowest BCUT2D eigenvalue weighted by Gasteiger charge is -2.46. The fourth-order valence-corrected chi connectivity index (χ4v) is 3.96. The van der Waals surface area contributed by atoms with Gasteiger partial charge in [0.05, 0.1) is 18.7 Å². The number of halogens is 1. The van der Waals surface area contributed by atoms with E-state index in [0.717, 1.165) is 5.56 Å². The van der Waals surface area contributed by atoms with E-state index < -0.39 is 17.5 Å². The minimum Gasteiger partial charge on any atom is -0.496 e. The average Bonchev–Trinajstić information content (AvgIpc) is 2.75. The van der Waals surface area contributed by atoms with Crippen LogP contribution in [0.2, 0.25) is 0 Å². The van der Waals surface area contributed by atoms with Crippen LogP contribution in [0.1, 0.15) is 36.5 Å². The highest BCUT2D eigenvalue weighted by atomic mass is 19.1. The third-order valence-corrected chi connectivity index (χ3v) is 5.94. The van der Waals surface area contributed by atoms with Gasteiger partial charge in [0.1, 0.15) is 23.1 Å². The zero-order valence-corrected chi connectivity index (χ0v) is 17.4.